The van der Waals surface area contributed by atoms with Crippen LogP contribution in [0.25, 0.3) is 0 Å². The van der Waals surface area contributed by atoms with Crippen LogP contribution < -0.4 is 5.48 Å². The first kappa shape index (κ1) is 12.2. The molecule has 0 unspecified atom stereocenters. The van der Waals surface area contributed by atoms with Gasteiger partial charge in [0, 0.05) is 32.0 Å². The van der Waals surface area contributed by atoms with Crippen molar-refractivity contribution in [2.45, 2.75) is 26.4 Å². The van der Waals surface area contributed by atoms with E-state index in [0.717, 1.165) is 18.5 Å². The molecule has 0 amide bonds. The molecule has 0 aliphatic heterocycles. The molecule has 0 radical (unpaired) electrons. The molecule has 86 valence electrons. The summed E-state index contributed by atoms with van der Waals surface area (Å²) >= 11 is 0. The molecule has 1 aromatic rings. The number of ether oxygens (including phenoxy) is 1. The van der Waals surface area contributed by atoms with Gasteiger partial charge in [0.15, 0.2) is 0 Å². The summed E-state index contributed by atoms with van der Waals surface area (Å²) in [5, 5.41) is 4.22. The van der Waals surface area contributed by atoms with Gasteiger partial charge in [-0.25, -0.2) is 0 Å². The van der Waals surface area contributed by atoms with Crippen molar-refractivity contribution in [3.8, 4) is 0 Å². The van der Waals surface area contributed by atoms with E-state index < -0.39 is 0 Å². The molecule has 0 aliphatic carbocycles. The van der Waals surface area contributed by atoms with Crippen LogP contribution in [0.15, 0.2) is 12.4 Å². The average Bonchev–Trinajstić information content (AvgIpc) is 2.66. The van der Waals surface area contributed by atoms with Crippen molar-refractivity contribution in [1.82, 2.24) is 15.3 Å². The van der Waals surface area contributed by atoms with Crippen LogP contribution in [0.5, 0.6) is 0 Å². The third-order valence-electron chi connectivity index (χ3n) is 1.91. The fraction of sp³-hybridized carbons (Fsp3) is 0.700. The summed E-state index contributed by atoms with van der Waals surface area (Å²) in [6, 6.07) is 0. The van der Waals surface area contributed by atoms with E-state index in [9.17, 15) is 0 Å². The molecule has 0 saturated heterocycles. The lowest BCUT2D eigenvalue weighted by atomic mass is 10.4. The first-order valence-electron chi connectivity index (χ1n) is 5.21. The molecule has 1 aromatic heterocycles. The Balaban J connectivity index is 2.14. The van der Waals surface area contributed by atoms with E-state index in [-0.39, 0.29) is 0 Å². The molecule has 15 heavy (non-hydrogen) atoms. The van der Waals surface area contributed by atoms with Crippen LogP contribution in [0.3, 0.4) is 0 Å². The Morgan fingerprint density at radius 3 is 3.07 bits per heavy atom. The fourth-order valence-corrected chi connectivity index (χ4v) is 1.18. The minimum Gasteiger partial charge on any atom is -0.382 e. The molecule has 0 atom stereocenters. The van der Waals surface area contributed by atoms with Crippen molar-refractivity contribution in [1.29, 1.82) is 0 Å². The van der Waals surface area contributed by atoms with E-state index in [1.165, 1.54) is 0 Å². The highest BCUT2D eigenvalue weighted by atomic mass is 16.7. The quantitative estimate of drug-likeness (QED) is 0.516. The van der Waals surface area contributed by atoms with Crippen LogP contribution in [0.4, 0.5) is 0 Å². The zero-order valence-electron chi connectivity index (χ0n) is 9.40. The van der Waals surface area contributed by atoms with Crippen LogP contribution >= 0.6 is 0 Å². The van der Waals surface area contributed by atoms with E-state index >= 15 is 0 Å². The van der Waals surface area contributed by atoms with Crippen molar-refractivity contribution in [2.75, 3.05) is 20.3 Å². The summed E-state index contributed by atoms with van der Waals surface area (Å²) in [6.45, 7) is 4.92. The number of nitrogens with one attached hydrogen (secondary N) is 1. The van der Waals surface area contributed by atoms with Gasteiger partial charge >= 0.3 is 0 Å². The lowest BCUT2D eigenvalue weighted by molar-refractivity contribution is 0.00345. The van der Waals surface area contributed by atoms with Gasteiger partial charge in [0.2, 0.25) is 0 Å². The van der Waals surface area contributed by atoms with Crippen LogP contribution in [0, 0.1) is 0 Å². The molecule has 5 heteroatoms. The van der Waals surface area contributed by atoms with Gasteiger partial charge in [0.25, 0.3) is 0 Å². The van der Waals surface area contributed by atoms with E-state index in [4.69, 9.17) is 9.57 Å². The van der Waals surface area contributed by atoms with Crippen molar-refractivity contribution in [2.24, 2.45) is 0 Å². The number of nitrogens with zero attached hydrogens (tertiary/aromatic N) is 2. The molecule has 1 N–H and O–H groups in total. The Morgan fingerprint density at radius 1 is 1.47 bits per heavy atom. The van der Waals surface area contributed by atoms with Gasteiger partial charge in [-0.2, -0.15) is 10.6 Å². The molecule has 0 fully saturated rings. The van der Waals surface area contributed by atoms with Gasteiger partial charge in [-0.15, -0.1) is 0 Å². The molecule has 1 heterocycles. The number of methoxy groups -OCH3 is 1. The summed E-state index contributed by atoms with van der Waals surface area (Å²) < 4.78 is 6.79. The summed E-state index contributed by atoms with van der Waals surface area (Å²) in [6.07, 6.45) is 4.97. The molecule has 0 aliphatic rings. The predicted molar refractivity (Wildman–Crippen MR) is 57.2 cm³/mol. The van der Waals surface area contributed by atoms with Crippen LogP contribution in [0.2, 0.25) is 0 Å². The molecule has 0 spiro atoms. The second kappa shape index (κ2) is 7.39. The lowest BCUT2D eigenvalue weighted by Crippen LogP contribution is -2.16. The van der Waals surface area contributed by atoms with Crippen LogP contribution in [-0.4, -0.2) is 30.1 Å². The summed E-state index contributed by atoms with van der Waals surface area (Å²) in [7, 11) is 1.65. The molecule has 1 rings (SSSR count). The highest BCUT2D eigenvalue weighted by Gasteiger charge is 1.97. The third-order valence-corrected chi connectivity index (χ3v) is 1.91. The SMILES string of the molecule is CCCn1cc(CNOCCOC)cn1. The highest BCUT2D eigenvalue weighted by molar-refractivity contribution is 5.02. The third kappa shape index (κ3) is 4.92. The monoisotopic (exact) mass is 213 g/mol. The molecule has 0 saturated carbocycles. The number of hydrogen-bond donors (Lipinski definition) is 1. The Morgan fingerprint density at radius 2 is 2.33 bits per heavy atom. The van der Waals surface area contributed by atoms with Crippen molar-refractivity contribution < 1.29 is 9.57 Å². The van der Waals surface area contributed by atoms with Crippen molar-refractivity contribution in [3.63, 3.8) is 0 Å². The Labute approximate surface area is 90.3 Å². The van der Waals surface area contributed by atoms with E-state index in [0.29, 0.717) is 19.8 Å². The lowest BCUT2D eigenvalue weighted by Gasteiger charge is -2.03. The largest absolute Gasteiger partial charge is 0.382 e. The minimum absolute atomic E-state index is 0.555. The fourth-order valence-electron chi connectivity index (χ4n) is 1.18. The maximum absolute atomic E-state index is 5.14. The molecule has 0 bridgehead atoms. The molecule has 5 nitrogen and oxygen atoms in total. The van der Waals surface area contributed by atoms with Crippen molar-refractivity contribution >= 4 is 0 Å². The van der Waals surface area contributed by atoms with E-state index in [1.54, 1.807) is 7.11 Å². The predicted octanol–water partition coefficient (Wildman–Crippen LogP) is 0.961. The second-order valence-corrected chi connectivity index (χ2v) is 3.27. The average molecular weight is 213 g/mol. The van der Waals surface area contributed by atoms with Gasteiger partial charge in [-0.1, -0.05) is 6.92 Å². The van der Waals surface area contributed by atoms with E-state index in [2.05, 4.69) is 17.5 Å². The maximum Gasteiger partial charge on any atom is 0.0916 e. The number of aryl methyl sites for hydroxylation is 1. The number of hydrogen-bond acceptors (Lipinski definition) is 4. The van der Waals surface area contributed by atoms with Gasteiger partial charge in [0.1, 0.15) is 0 Å². The standard InChI is InChI=1S/C10H19N3O2/c1-3-4-13-9-10(7-11-13)8-12-15-6-5-14-2/h7,9,12H,3-6,8H2,1-2H3. The molecule has 0 aromatic carbocycles. The molecular formula is C10H19N3O2. The smallest absolute Gasteiger partial charge is 0.0916 e. The van der Waals surface area contributed by atoms with Crippen LogP contribution in [-0.2, 0) is 22.7 Å². The number of rotatable bonds is 8. The van der Waals surface area contributed by atoms with Gasteiger partial charge in [-0.05, 0) is 6.42 Å². The van der Waals surface area contributed by atoms with Gasteiger partial charge in [-0.3, -0.25) is 9.52 Å². The Bertz CT molecular complexity index is 263. The van der Waals surface area contributed by atoms with Crippen LogP contribution in [0.1, 0.15) is 18.9 Å². The zero-order valence-corrected chi connectivity index (χ0v) is 9.40. The summed E-state index contributed by atoms with van der Waals surface area (Å²) in [5.41, 5.74) is 3.98. The minimum atomic E-state index is 0.555. The number of hydroxylamine groups is 1. The Hall–Kier alpha value is -0.910. The van der Waals surface area contributed by atoms with E-state index in [1.807, 2.05) is 17.1 Å². The second-order valence-electron chi connectivity index (χ2n) is 3.27. The first-order valence-corrected chi connectivity index (χ1v) is 5.21. The number of aromatic nitrogens is 2. The first-order chi connectivity index (χ1) is 7.36. The normalized spacial score (nSPS) is 10.8. The zero-order chi connectivity index (χ0) is 10.9. The van der Waals surface area contributed by atoms with Crippen molar-refractivity contribution in [3.05, 3.63) is 18.0 Å². The Kier molecular flexibility index (Phi) is 5.99. The maximum atomic E-state index is 5.14. The van der Waals surface area contributed by atoms with Gasteiger partial charge in [0.05, 0.1) is 19.4 Å². The topological polar surface area (TPSA) is 48.3 Å². The molecular weight excluding hydrogens is 194 g/mol. The van der Waals surface area contributed by atoms with Gasteiger partial charge < -0.3 is 4.74 Å². The summed E-state index contributed by atoms with van der Waals surface area (Å²) in [4.78, 5) is 5.14. The highest BCUT2D eigenvalue weighted by Crippen LogP contribution is 1.97. The summed E-state index contributed by atoms with van der Waals surface area (Å²) in [5.74, 6) is 0.